The Labute approximate surface area is 96.6 Å². The predicted molar refractivity (Wildman–Crippen MR) is 60.4 cm³/mol. The molecular formula is C11H9N3O3. The van der Waals surface area contributed by atoms with Crippen molar-refractivity contribution >= 4 is 17.5 Å². The number of hydrogen-bond donors (Lipinski definition) is 3. The highest BCUT2D eigenvalue weighted by atomic mass is 16.4. The van der Waals surface area contributed by atoms with Crippen molar-refractivity contribution in [1.82, 2.24) is 10.2 Å². The Morgan fingerprint density at radius 2 is 1.94 bits per heavy atom. The minimum absolute atomic E-state index is 0.0567. The largest absolute Gasteiger partial charge is 0.508 e. The molecule has 0 aliphatic carbocycles. The van der Waals surface area contributed by atoms with Gasteiger partial charge in [-0.05, 0) is 30.3 Å². The molecule has 0 bridgehead atoms. The quantitative estimate of drug-likeness (QED) is 0.695. The van der Waals surface area contributed by atoms with Gasteiger partial charge in [0.05, 0.1) is 11.8 Å². The Kier molecular flexibility index (Phi) is 2.87. The molecule has 0 spiro atoms. The van der Waals surface area contributed by atoms with Gasteiger partial charge < -0.3 is 15.5 Å². The maximum Gasteiger partial charge on any atom is 0.337 e. The Hall–Kier alpha value is -2.63. The normalized spacial score (nSPS) is 9.88. The third-order valence-electron chi connectivity index (χ3n) is 2.04. The number of carboxylic acid groups (broad SMARTS) is 1. The third kappa shape index (κ3) is 2.69. The molecule has 1 aromatic heterocycles. The van der Waals surface area contributed by atoms with E-state index in [1.165, 1.54) is 24.4 Å². The number of nitrogens with zero attached hydrogens (tertiary/aromatic N) is 2. The SMILES string of the molecule is O=C(O)c1cnnc(Nc2ccc(O)cc2)c1. The summed E-state index contributed by atoms with van der Waals surface area (Å²) in [6, 6.07) is 7.69. The predicted octanol–water partition coefficient (Wildman–Crippen LogP) is 1.62. The number of aromatic carboxylic acids is 1. The van der Waals surface area contributed by atoms with Gasteiger partial charge >= 0.3 is 5.97 Å². The summed E-state index contributed by atoms with van der Waals surface area (Å²) in [7, 11) is 0. The topological polar surface area (TPSA) is 95.3 Å². The van der Waals surface area contributed by atoms with Crippen LogP contribution in [-0.2, 0) is 0 Å². The minimum atomic E-state index is -1.06. The van der Waals surface area contributed by atoms with Gasteiger partial charge in [0.25, 0.3) is 0 Å². The molecule has 0 fully saturated rings. The fourth-order valence-electron chi connectivity index (χ4n) is 1.24. The van der Waals surface area contributed by atoms with Crippen molar-refractivity contribution in [2.75, 3.05) is 5.32 Å². The van der Waals surface area contributed by atoms with Crippen LogP contribution in [0.1, 0.15) is 10.4 Å². The second kappa shape index (κ2) is 4.48. The molecule has 0 aliphatic rings. The van der Waals surface area contributed by atoms with E-state index in [2.05, 4.69) is 15.5 Å². The number of nitrogens with one attached hydrogen (secondary N) is 1. The monoisotopic (exact) mass is 231 g/mol. The highest BCUT2D eigenvalue weighted by Gasteiger charge is 2.05. The Morgan fingerprint density at radius 3 is 2.59 bits per heavy atom. The van der Waals surface area contributed by atoms with Crippen LogP contribution < -0.4 is 5.32 Å². The highest BCUT2D eigenvalue weighted by Crippen LogP contribution is 2.17. The molecular weight excluding hydrogens is 222 g/mol. The van der Waals surface area contributed by atoms with Crippen LogP contribution in [0.2, 0.25) is 0 Å². The van der Waals surface area contributed by atoms with E-state index in [1.54, 1.807) is 12.1 Å². The van der Waals surface area contributed by atoms with Crippen LogP contribution in [-0.4, -0.2) is 26.4 Å². The zero-order valence-electron chi connectivity index (χ0n) is 8.66. The number of aromatic hydroxyl groups is 1. The molecule has 2 aromatic rings. The summed E-state index contributed by atoms with van der Waals surface area (Å²) in [4.78, 5) is 10.7. The third-order valence-corrected chi connectivity index (χ3v) is 2.04. The lowest BCUT2D eigenvalue weighted by molar-refractivity contribution is 0.0696. The summed E-state index contributed by atoms with van der Waals surface area (Å²) in [5.41, 5.74) is 0.737. The van der Waals surface area contributed by atoms with Gasteiger partial charge in [-0.2, -0.15) is 5.10 Å². The van der Waals surface area contributed by atoms with E-state index in [4.69, 9.17) is 10.2 Å². The van der Waals surface area contributed by atoms with Crippen molar-refractivity contribution < 1.29 is 15.0 Å². The van der Waals surface area contributed by atoms with Crippen LogP contribution in [0.15, 0.2) is 36.5 Å². The summed E-state index contributed by atoms with van der Waals surface area (Å²) < 4.78 is 0. The molecule has 2 rings (SSSR count). The van der Waals surface area contributed by atoms with Crippen LogP contribution >= 0.6 is 0 Å². The summed E-state index contributed by atoms with van der Waals surface area (Å²) in [5, 5.41) is 28.1. The average molecular weight is 231 g/mol. The first-order valence-electron chi connectivity index (χ1n) is 4.77. The van der Waals surface area contributed by atoms with Gasteiger partial charge in [0, 0.05) is 5.69 Å². The summed E-state index contributed by atoms with van der Waals surface area (Å²) in [6.07, 6.45) is 1.17. The van der Waals surface area contributed by atoms with Crippen molar-refractivity contribution in [3.63, 3.8) is 0 Å². The smallest absolute Gasteiger partial charge is 0.337 e. The second-order valence-electron chi connectivity index (χ2n) is 3.31. The number of phenolic OH excluding ortho intramolecular Hbond substituents is 1. The fraction of sp³-hybridized carbons (Fsp3) is 0. The molecule has 0 saturated heterocycles. The molecule has 0 amide bonds. The van der Waals surface area contributed by atoms with Crippen LogP contribution in [0, 0.1) is 0 Å². The number of rotatable bonds is 3. The lowest BCUT2D eigenvalue weighted by Crippen LogP contribution is -2.01. The first-order valence-corrected chi connectivity index (χ1v) is 4.77. The molecule has 6 heteroatoms. The Morgan fingerprint density at radius 1 is 1.24 bits per heavy atom. The Balaban J connectivity index is 2.21. The molecule has 3 N–H and O–H groups in total. The van der Waals surface area contributed by atoms with Gasteiger partial charge in [-0.15, -0.1) is 5.10 Å². The van der Waals surface area contributed by atoms with E-state index in [-0.39, 0.29) is 11.3 Å². The molecule has 86 valence electrons. The lowest BCUT2D eigenvalue weighted by Gasteiger charge is -2.05. The van der Waals surface area contributed by atoms with Crippen molar-refractivity contribution in [2.24, 2.45) is 0 Å². The molecule has 6 nitrogen and oxygen atoms in total. The fourth-order valence-corrected chi connectivity index (χ4v) is 1.24. The van der Waals surface area contributed by atoms with Crippen LogP contribution in [0.3, 0.4) is 0 Å². The Bertz CT molecular complexity index is 540. The van der Waals surface area contributed by atoms with Crippen molar-refractivity contribution in [3.8, 4) is 5.75 Å². The van der Waals surface area contributed by atoms with Gasteiger partial charge in [0.15, 0.2) is 5.82 Å². The number of benzene rings is 1. The number of carboxylic acids is 1. The number of phenols is 1. The van der Waals surface area contributed by atoms with Gasteiger partial charge in [-0.3, -0.25) is 0 Å². The lowest BCUT2D eigenvalue weighted by atomic mass is 10.3. The number of hydrogen-bond acceptors (Lipinski definition) is 5. The summed E-state index contributed by atoms with van der Waals surface area (Å²) in [5.74, 6) is -0.579. The van der Waals surface area contributed by atoms with Crippen LogP contribution in [0.5, 0.6) is 5.75 Å². The van der Waals surface area contributed by atoms with E-state index >= 15 is 0 Å². The van der Waals surface area contributed by atoms with E-state index in [1.807, 2.05) is 0 Å². The molecule has 0 aliphatic heterocycles. The maximum absolute atomic E-state index is 10.7. The van der Waals surface area contributed by atoms with E-state index in [9.17, 15) is 4.79 Å². The van der Waals surface area contributed by atoms with Gasteiger partial charge in [-0.25, -0.2) is 4.79 Å². The molecule has 1 aromatic carbocycles. The van der Waals surface area contributed by atoms with Crippen molar-refractivity contribution in [1.29, 1.82) is 0 Å². The highest BCUT2D eigenvalue weighted by molar-refractivity contribution is 5.88. The van der Waals surface area contributed by atoms with E-state index < -0.39 is 5.97 Å². The molecule has 0 unspecified atom stereocenters. The van der Waals surface area contributed by atoms with Gasteiger partial charge in [0.1, 0.15) is 5.75 Å². The summed E-state index contributed by atoms with van der Waals surface area (Å²) in [6.45, 7) is 0. The van der Waals surface area contributed by atoms with Gasteiger partial charge in [-0.1, -0.05) is 0 Å². The zero-order chi connectivity index (χ0) is 12.3. The molecule has 0 saturated carbocycles. The molecule has 0 radical (unpaired) electrons. The zero-order valence-corrected chi connectivity index (χ0v) is 8.66. The average Bonchev–Trinajstić information content (AvgIpc) is 2.32. The first-order chi connectivity index (χ1) is 8.15. The van der Waals surface area contributed by atoms with Crippen molar-refractivity contribution in [3.05, 3.63) is 42.1 Å². The minimum Gasteiger partial charge on any atom is -0.508 e. The van der Waals surface area contributed by atoms with Crippen molar-refractivity contribution in [2.45, 2.75) is 0 Å². The number of carbonyl (C=O) groups is 1. The maximum atomic E-state index is 10.7. The van der Waals surface area contributed by atoms with E-state index in [0.29, 0.717) is 11.5 Å². The summed E-state index contributed by atoms with van der Waals surface area (Å²) >= 11 is 0. The molecule has 0 atom stereocenters. The number of anilines is 2. The second-order valence-corrected chi connectivity index (χ2v) is 3.31. The molecule has 1 heterocycles. The number of aromatic nitrogens is 2. The van der Waals surface area contributed by atoms with E-state index in [0.717, 1.165) is 0 Å². The van der Waals surface area contributed by atoms with Gasteiger partial charge in [0.2, 0.25) is 0 Å². The molecule has 17 heavy (non-hydrogen) atoms. The first kappa shape index (κ1) is 10.9. The van der Waals surface area contributed by atoms with Crippen LogP contribution in [0.4, 0.5) is 11.5 Å². The van der Waals surface area contributed by atoms with Crippen LogP contribution in [0.25, 0.3) is 0 Å². The standard InChI is InChI=1S/C11H9N3O3/c15-9-3-1-8(2-4-9)13-10-5-7(11(16)17)6-12-14-10/h1-6,15H,(H,13,14)(H,16,17).